The topological polar surface area (TPSA) is 80.5 Å². The van der Waals surface area contributed by atoms with Crippen LogP contribution in [0.25, 0.3) is 0 Å². The van der Waals surface area contributed by atoms with Crippen LogP contribution in [-0.2, 0) is 14.8 Å². The Bertz CT molecular complexity index is 605. The number of sulfonamides is 1. The van der Waals surface area contributed by atoms with Crippen molar-refractivity contribution < 1.29 is 13.2 Å². The lowest BCUT2D eigenvalue weighted by atomic mass is 10.1. The maximum absolute atomic E-state index is 12.0. The van der Waals surface area contributed by atoms with Gasteiger partial charge in [0.1, 0.15) is 0 Å². The van der Waals surface area contributed by atoms with Crippen molar-refractivity contribution in [2.75, 3.05) is 10.0 Å². The molecule has 0 aliphatic carbocycles. The Kier molecular flexibility index (Phi) is 2.26. The maximum Gasteiger partial charge on any atom is 0.263 e. The largest absolute Gasteiger partial charge is 0.399 e. The zero-order valence-corrected chi connectivity index (χ0v) is 10.7. The number of rotatable bonds is 1. The quantitative estimate of drug-likeness (QED) is 0.759. The zero-order valence-electron chi connectivity index (χ0n) is 9.89. The Hall–Kier alpha value is -1.56. The van der Waals surface area contributed by atoms with Crippen molar-refractivity contribution in [1.29, 1.82) is 0 Å². The minimum absolute atomic E-state index is 0.348. The third kappa shape index (κ3) is 1.37. The van der Waals surface area contributed by atoms with Crippen LogP contribution >= 0.6 is 0 Å². The number of nitrogens with two attached hydrogens (primary N) is 1. The minimum Gasteiger partial charge on any atom is -0.399 e. The van der Waals surface area contributed by atoms with Gasteiger partial charge in [0, 0.05) is 5.69 Å². The van der Waals surface area contributed by atoms with E-state index in [0.29, 0.717) is 11.4 Å². The molecule has 0 bridgehead atoms. The van der Waals surface area contributed by atoms with Crippen molar-refractivity contribution in [3.8, 4) is 0 Å². The van der Waals surface area contributed by atoms with Gasteiger partial charge in [0.05, 0.1) is 5.69 Å². The normalized spacial score (nSPS) is 21.1. The van der Waals surface area contributed by atoms with Gasteiger partial charge < -0.3 is 5.73 Å². The van der Waals surface area contributed by atoms with Gasteiger partial charge in [-0.05, 0) is 44.5 Å². The lowest BCUT2D eigenvalue weighted by Gasteiger charge is -2.42. The molecule has 92 valence electrons. The third-order valence-electron chi connectivity index (χ3n) is 3.07. The van der Waals surface area contributed by atoms with Crippen molar-refractivity contribution in [2.24, 2.45) is 0 Å². The first-order valence-corrected chi connectivity index (χ1v) is 6.59. The second-order valence-electron chi connectivity index (χ2n) is 4.63. The van der Waals surface area contributed by atoms with Gasteiger partial charge in [-0.25, -0.2) is 12.7 Å². The summed E-state index contributed by atoms with van der Waals surface area (Å²) in [5.41, 5.74) is 7.31. The van der Waals surface area contributed by atoms with Crippen LogP contribution in [0.15, 0.2) is 18.2 Å². The molecule has 0 radical (unpaired) electrons. The van der Waals surface area contributed by atoms with Crippen LogP contribution < -0.4 is 10.0 Å². The highest BCUT2D eigenvalue weighted by molar-refractivity contribution is 7.98. The fourth-order valence-corrected chi connectivity index (χ4v) is 3.17. The molecule has 1 aromatic carbocycles. The van der Waals surface area contributed by atoms with Crippen molar-refractivity contribution >= 4 is 27.3 Å². The maximum atomic E-state index is 12.0. The molecular formula is C11H14N2O3S. The second kappa shape index (κ2) is 3.22. The summed E-state index contributed by atoms with van der Waals surface area (Å²) in [6.45, 7) is 4.58. The van der Waals surface area contributed by atoms with Gasteiger partial charge in [-0.15, -0.1) is 0 Å². The summed E-state index contributed by atoms with van der Waals surface area (Å²) >= 11 is 0. The molecule has 6 heteroatoms. The van der Waals surface area contributed by atoms with Crippen LogP contribution in [0.4, 0.5) is 11.4 Å². The molecule has 0 aromatic heterocycles. The summed E-state index contributed by atoms with van der Waals surface area (Å²) in [5, 5.41) is 0. The van der Waals surface area contributed by atoms with Gasteiger partial charge in [-0.1, -0.05) is 0 Å². The van der Waals surface area contributed by atoms with E-state index >= 15 is 0 Å². The van der Waals surface area contributed by atoms with Crippen LogP contribution in [0.3, 0.4) is 0 Å². The highest BCUT2D eigenvalue weighted by Gasteiger charge is 2.60. The molecule has 1 saturated heterocycles. The number of carbonyl (C=O) groups excluding carboxylic acids is 1. The van der Waals surface area contributed by atoms with Crippen LogP contribution in [0.1, 0.15) is 19.4 Å². The summed E-state index contributed by atoms with van der Waals surface area (Å²) in [5.74, 6) is -0.415. The summed E-state index contributed by atoms with van der Waals surface area (Å²) in [6.07, 6.45) is 0. The van der Waals surface area contributed by atoms with E-state index in [1.54, 1.807) is 19.1 Å². The molecular weight excluding hydrogens is 240 g/mol. The molecule has 17 heavy (non-hydrogen) atoms. The van der Waals surface area contributed by atoms with Crippen molar-refractivity contribution in [2.45, 2.75) is 25.5 Å². The van der Waals surface area contributed by atoms with Gasteiger partial charge in [-0.2, -0.15) is 0 Å². The monoisotopic (exact) mass is 254 g/mol. The Labute approximate surface area is 100 Å². The minimum atomic E-state index is -3.59. The molecule has 1 heterocycles. The van der Waals surface area contributed by atoms with Gasteiger partial charge in [-0.3, -0.25) is 4.79 Å². The van der Waals surface area contributed by atoms with Crippen molar-refractivity contribution in [1.82, 2.24) is 0 Å². The molecule has 0 unspecified atom stereocenters. The van der Waals surface area contributed by atoms with Gasteiger partial charge in [0.15, 0.2) is 4.75 Å². The standard InChI is InChI=1S/C11H14N2O3S/c1-7-6-8(4-5-9(7)12)13-10(14)11(2,3)17(13,15)16/h4-6H,12H2,1-3H3. The Morgan fingerprint density at radius 3 is 2.35 bits per heavy atom. The molecule has 1 aromatic rings. The molecule has 1 fully saturated rings. The predicted molar refractivity (Wildman–Crippen MR) is 66.1 cm³/mol. The first-order valence-electron chi connectivity index (χ1n) is 5.15. The smallest absolute Gasteiger partial charge is 0.263 e. The number of carbonyl (C=O) groups is 1. The van der Waals surface area contributed by atoms with E-state index in [9.17, 15) is 13.2 Å². The average molecular weight is 254 g/mol. The van der Waals surface area contributed by atoms with Crippen molar-refractivity contribution in [3.05, 3.63) is 23.8 Å². The van der Waals surface area contributed by atoms with Crippen LogP contribution in [0, 0.1) is 6.92 Å². The van der Waals surface area contributed by atoms with Crippen LogP contribution in [0.2, 0.25) is 0 Å². The molecule has 2 rings (SSSR count). The highest BCUT2D eigenvalue weighted by Crippen LogP contribution is 2.39. The number of nitrogen functional groups attached to an aromatic ring is 1. The molecule has 2 N–H and O–H groups in total. The summed E-state index contributed by atoms with van der Waals surface area (Å²) < 4.78 is 23.4. The van der Waals surface area contributed by atoms with E-state index in [1.165, 1.54) is 19.9 Å². The first-order chi connectivity index (χ1) is 7.69. The fraction of sp³-hybridized carbons (Fsp3) is 0.364. The summed E-state index contributed by atoms with van der Waals surface area (Å²) in [6, 6.07) is 4.73. The van der Waals surface area contributed by atoms with E-state index in [-0.39, 0.29) is 0 Å². The van der Waals surface area contributed by atoms with Gasteiger partial charge >= 0.3 is 0 Å². The van der Waals surface area contributed by atoms with Crippen molar-refractivity contribution in [3.63, 3.8) is 0 Å². The number of hydrogen-bond acceptors (Lipinski definition) is 4. The first kappa shape index (κ1) is 11.9. The van der Waals surface area contributed by atoms with Crippen LogP contribution in [0.5, 0.6) is 0 Å². The third-order valence-corrected chi connectivity index (χ3v) is 5.39. The van der Waals surface area contributed by atoms with E-state index in [4.69, 9.17) is 5.73 Å². The lowest BCUT2D eigenvalue weighted by Crippen LogP contribution is -2.67. The number of benzene rings is 1. The molecule has 1 aliphatic rings. The number of aryl methyl sites for hydroxylation is 1. The summed E-state index contributed by atoms with van der Waals surface area (Å²) in [4.78, 5) is 11.8. The predicted octanol–water partition coefficient (Wildman–Crippen LogP) is 1.03. The van der Waals surface area contributed by atoms with E-state index in [0.717, 1.165) is 9.87 Å². The fourth-order valence-electron chi connectivity index (χ4n) is 1.70. The zero-order chi connectivity index (χ0) is 13.0. The number of nitrogens with zero attached hydrogens (tertiary/aromatic N) is 1. The summed E-state index contributed by atoms with van der Waals surface area (Å²) in [7, 11) is -3.59. The van der Waals surface area contributed by atoms with E-state index in [2.05, 4.69) is 0 Å². The molecule has 0 saturated carbocycles. The SMILES string of the molecule is Cc1cc(N2C(=O)C(C)(C)S2(=O)=O)ccc1N. The van der Waals surface area contributed by atoms with E-state index in [1.807, 2.05) is 0 Å². The Morgan fingerprint density at radius 2 is 1.88 bits per heavy atom. The Morgan fingerprint density at radius 1 is 1.29 bits per heavy atom. The van der Waals surface area contributed by atoms with Crippen LogP contribution in [-0.4, -0.2) is 19.1 Å². The molecule has 1 amide bonds. The average Bonchev–Trinajstić information content (AvgIpc) is 2.23. The van der Waals surface area contributed by atoms with Gasteiger partial charge in [0.2, 0.25) is 0 Å². The van der Waals surface area contributed by atoms with E-state index < -0.39 is 20.7 Å². The Balaban J connectivity index is 2.51. The molecule has 0 spiro atoms. The number of anilines is 2. The molecule has 5 nitrogen and oxygen atoms in total. The number of amides is 1. The second-order valence-corrected chi connectivity index (χ2v) is 6.96. The lowest BCUT2D eigenvalue weighted by molar-refractivity contribution is -0.120. The van der Waals surface area contributed by atoms with Gasteiger partial charge in [0.25, 0.3) is 15.9 Å². The molecule has 0 atom stereocenters. The highest BCUT2D eigenvalue weighted by atomic mass is 32.2. The molecule has 1 aliphatic heterocycles. The number of hydrogen-bond donors (Lipinski definition) is 1.